The van der Waals surface area contributed by atoms with E-state index < -0.39 is 12.0 Å². The Morgan fingerprint density at radius 2 is 1.79 bits per heavy atom. The fourth-order valence-electron chi connectivity index (χ4n) is 3.41. The van der Waals surface area contributed by atoms with Crippen LogP contribution in [0.5, 0.6) is 0 Å². The second-order valence-corrected chi connectivity index (χ2v) is 6.05. The van der Waals surface area contributed by atoms with Gasteiger partial charge in [0.05, 0.1) is 0 Å². The van der Waals surface area contributed by atoms with Crippen LogP contribution in [0.15, 0.2) is 0 Å². The third kappa shape index (κ3) is 3.08. The maximum atomic E-state index is 12.5. The normalized spacial score (nSPS) is 36.0. The van der Waals surface area contributed by atoms with Gasteiger partial charge in [-0.05, 0) is 44.4 Å². The Labute approximate surface area is 114 Å². The van der Waals surface area contributed by atoms with Crippen LogP contribution in [0.2, 0.25) is 0 Å². The fraction of sp³-hybridized carbons (Fsp3) is 0.857. The van der Waals surface area contributed by atoms with Crippen LogP contribution >= 0.6 is 0 Å². The van der Waals surface area contributed by atoms with Gasteiger partial charge in [-0.2, -0.15) is 0 Å². The topological polar surface area (TPSA) is 83.6 Å². The molecule has 108 valence electrons. The highest BCUT2D eigenvalue weighted by Crippen LogP contribution is 2.30. The Balaban J connectivity index is 2.05. The average Bonchev–Trinajstić information content (AvgIpc) is 2.38. The molecule has 3 N–H and O–H groups in total. The number of carboxylic acids is 1. The summed E-state index contributed by atoms with van der Waals surface area (Å²) in [7, 11) is 0. The largest absolute Gasteiger partial charge is 0.480 e. The molecule has 2 aliphatic rings. The molecule has 5 nitrogen and oxygen atoms in total. The molecule has 0 spiro atoms. The molecular weight excluding hydrogens is 244 g/mol. The number of nitrogens with two attached hydrogens (primary N) is 1. The molecule has 1 aliphatic carbocycles. The first-order chi connectivity index (χ1) is 9.00. The minimum atomic E-state index is -0.868. The van der Waals surface area contributed by atoms with E-state index in [2.05, 4.69) is 0 Å². The lowest BCUT2D eigenvalue weighted by molar-refractivity contribution is -0.157. The van der Waals surface area contributed by atoms with Gasteiger partial charge in [-0.25, -0.2) is 4.79 Å². The number of carbonyl (C=O) groups excluding carboxylic acids is 1. The van der Waals surface area contributed by atoms with Gasteiger partial charge in [-0.3, -0.25) is 4.79 Å². The molecule has 1 heterocycles. The number of nitrogens with zero attached hydrogens (tertiary/aromatic N) is 1. The zero-order chi connectivity index (χ0) is 14.0. The van der Waals surface area contributed by atoms with Gasteiger partial charge in [0.1, 0.15) is 6.04 Å². The summed E-state index contributed by atoms with van der Waals surface area (Å²) >= 11 is 0. The van der Waals surface area contributed by atoms with Gasteiger partial charge in [0, 0.05) is 18.5 Å². The molecule has 19 heavy (non-hydrogen) atoms. The Kier molecular flexibility index (Phi) is 4.45. The van der Waals surface area contributed by atoms with Crippen molar-refractivity contribution in [3.8, 4) is 0 Å². The summed E-state index contributed by atoms with van der Waals surface area (Å²) in [5.74, 6) is -0.813. The number of carbonyl (C=O) groups is 2. The summed E-state index contributed by atoms with van der Waals surface area (Å²) in [6, 6.07) is -0.434. The van der Waals surface area contributed by atoms with Crippen LogP contribution in [0.3, 0.4) is 0 Å². The van der Waals surface area contributed by atoms with Gasteiger partial charge in [-0.15, -0.1) is 0 Å². The highest BCUT2D eigenvalue weighted by atomic mass is 16.4. The lowest BCUT2D eigenvalue weighted by atomic mass is 9.83. The standard InChI is InChI=1S/C14H24N2O3/c1-9-3-2-8-16(12(9)14(18)19)13(17)10-4-6-11(15)7-5-10/h9-12H,2-8,15H2,1H3,(H,18,19). The van der Waals surface area contributed by atoms with Crippen molar-refractivity contribution >= 4 is 11.9 Å². The van der Waals surface area contributed by atoms with Crippen molar-refractivity contribution < 1.29 is 14.7 Å². The van der Waals surface area contributed by atoms with Crippen molar-refractivity contribution in [2.45, 2.75) is 57.5 Å². The third-order valence-electron chi connectivity index (χ3n) is 4.59. The first kappa shape index (κ1) is 14.3. The van der Waals surface area contributed by atoms with Crippen LogP contribution in [0.1, 0.15) is 45.4 Å². The number of rotatable bonds is 2. The second kappa shape index (κ2) is 5.90. The van der Waals surface area contributed by atoms with Crippen LogP contribution < -0.4 is 5.73 Å². The van der Waals surface area contributed by atoms with E-state index in [1.807, 2.05) is 6.92 Å². The van der Waals surface area contributed by atoms with E-state index in [0.717, 1.165) is 38.5 Å². The van der Waals surface area contributed by atoms with Crippen LogP contribution in [-0.2, 0) is 9.59 Å². The first-order valence-electron chi connectivity index (χ1n) is 7.29. The van der Waals surface area contributed by atoms with E-state index >= 15 is 0 Å². The molecule has 1 aliphatic heterocycles. The van der Waals surface area contributed by atoms with Crippen molar-refractivity contribution in [1.29, 1.82) is 0 Å². The summed E-state index contributed by atoms with van der Waals surface area (Å²) in [5.41, 5.74) is 5.85. The molecule has 2 fully saturated rings. The van der Waals surface area contributed by atoms with Crippen LogP contribution in [0.4, 0.5) is 0 Å². The summed E-state index contributed by atoms with van der Waals surface area (Å²) in [5, 5.41) is 9.35. The van der Waals surface area contributed by atoms with Gasteiger partial charge in [-0.1, -0.05) is 6.92 Å². The predicted molar refractivity (Wildman–Crippen MR) is 71.5 cm³/mol. The van der Waals surface area contributed by atoms with E-state index in [4.69, 9.17) is 5.73 Å². The molecule has 2 rings (SSSR count). The molecule has 1 saturated carbocycles. The summed E-state index contributed by atoms with van der Waals surface area (Å²) < 4.78 is 0. The Bertz CT molecular complexity index is 351. The molecule has 0 aromatic heterocycles. The van der Waals surface area contributed by atoms with E-state index in [-0.39, 0.29) is 23.8 Å². The molecule has 0 radical (unpaired) electrons. The molecule has 1 amide bonds. The zero-order valence-corrected chi connectivity index (χ0v) is 11.5. The number of hydrogen-bond acceptors (Lipinski definition) is 3. The summed E-state index contributed by atoms with van der Waals surface area (Å²) in [6.07, 6.45) is 5.14. The highest BCUT2D eigenvalue weighted by Gasteiger charge is 2.39. The molecule has 0 bridgehead atoms. The van der Waals surface area contributed by atoms with Crippen molar-refractivity contribution in [3.05, 3.63) is 0 Å². The molecule has 2 unspecified atom stereocenters. The van der Waals surface area contributed by atoms with E-state index in [9.17, 15) is 14.7 Å². The molecule has 1 saturated heterocycles. The maximum Gasteiger partial charge on any atom is 0.326 e. The van der Waals surface area contributed by atoms with E-state index in [1.54, 1.807) is 4.90 Å². The van der Waals surface area contributed by atoms with Crippen LogP contribution in [0.25, 0.3) is 0 Å². The maximum absolute atomic E-state index is 12.5. The number of carboxylic acid groups (broad SMARTS) is 1. The second-order valence-electron chi connectivity index (χ2n) is 6.05. The minimum absolute atomic E-state index is 0.0213. The molecule has 0 aromatic rings. The van der Waals surface area contributed by atoms with E-state index in [1.165, 1.54) is 0 Å². The van der Waals surface area contributed by atoms with E-state index in [0.29, 0.717) is 6.54 Å². The Morgan fingerprint density at radius 1 is 1.16 bits per heavy atom. The Morgan fingerprint density at radius 3 is 2.37 bits per heavy atom. The van der Waals surface area contributed by atoms with Crippen LogP contribution in [0, 0.1) is 11.8 Å². The van der Waals surface area contributed by atoms with Gasteiger partial charge in [0.15, 0.2) is 0 Å². The number of piperidine rings is 1. The smallest absolute Gasteiger partial charge is 0.326 e. The van der Waals surface area contributed by atoms with Crippen molar-refractivity contribution in [2.75, 3.05) is 6.54 Å². The minimum Gasteiger partial charge on any atom is -0.480 e. The molecule has 0 aromatic carbocycles. The van der Waals surface area contributed by atoms with Gasteiger partial charge >= 0.3 is 5.97 Å². The lowest BCUT2D eigenvalue weighted by Crippen LogP contribution is -2.54. The number of hydrogen-bond donors (Lipinski definition) is 2. The van der Waals surface area contributed by atoms with Gasteiger partial charge < -0.3 is 15.7 Å². The van der Waals surface area contributed by atoms with Crippen molar-refractivity contribution in [1.82, 2.24) is 4.90 Å². The van der Waals surface area contributed by atoms with Gasteiger partial charge in [0.2, 0.25) is 5.91 Å². The lowest BCUT2D eigenvalue weighted by Gasteiger charge is -2.40. The monoisotopic (exact) mass is 268 g/mol. The third-order valence-corrected chi connectivity index (χ3v) is 4.59. The number of likely N-dealkylation sites (tertiary alicyclic amines) is 1. The number of amides is 1. The summed E-state index contributed by atoms with van der Waals surface area (Å²) in [6.45, 7) is 2.51. The quantitative estimate of drug-likeness (QED) is 0.788. The van der Waals surface area contributed by atoms with Crippen LogP contribution in [-0.4, -0.2) is 40.5 Å². The average molecular weight is 268 g/mol. The number of aliphatic carboxylic acids is 1. The highest BCUT2D eigenvalue weighted by molar-refractivity contribution is 5.85. The Hall–Kier alpha value is -1.10. The molecular formula is C14H24N2O3. The SMILES string of the molecule is CC1CCCN(C(=O)C2CCC(N)CC2)C1C(=O)O. The van der Waals surface area contributed by atoms with Crippen molar-refractivity contribution in [2.24, 2.45) is 17.6 Å². The predicted octanol–water partition coefficient (Wildman–Crippen LogP) is 1.22. The molecule has 5 heteroatoms. The summed E-state index contributed by atoms with van der Waals surface area (Å²) in [4.78, 5) is 25.6. The fourth-order valence-corrected chi connectivity index (χ4v) is 3.41. The van der Waals surface area contributed by atoms with Crippen molar-refractivity contribution in [3.63, 3.8) is 0 Å². The first-order valence-corrected chi connectivity index (χ1v) is 7.29. The zero-order valence-electron chi connectivity index (χ0n) is 11.5. The molecule has 2 atom stereocenters. The van der Waals surface area contributed by atoms with Gasteiger partial charge in [0.25, 0.3) is 0 Å².